The lowest BCUT2D eigenvalue weighted by molar-refractivity contribution is 0.218. The largest absolute Gasteiger partial charge is 0.469 e. The molecule has 32 heavy (non-hydrogen) atoms. The van der Waals surface area contributed by atoms with Crippen LogP contribution in [0.1, 0.15) is 50.9 Å². The first-order valence-corrected chi connectivity index (χ1v) is 12.4. The Kier molecular flexibility index (Phi) is 10.0. The zero-order valence-electron chi connectivity index (χ0n) is 18.8. The molecule has 0 saturated heterocycles. The Labute approximate surface area is 208 Å². The maximum Gasteiger partial charge on any atom is 0.238 e. The number of furan rings is 1. The third-order valence-electron chi connectivity index (χ3n) is 6.09. The summed E-state index contributed by atoms with van der Waals surface area (Å²) < 4.78 is 28.3. The van der Waals surface area contributed by atoms with Crippen molar-refractivity contribution in [2.75, 3.05) is 13.1 Å². The number of benzene rings is 1. The lowest BCUT2D eigenvalue weighted by Crippen LogP contribution is -2.44. The Morgan fingerprint density at radius 1 is 1.16 bits per heavy atom. The number of halogens is 1. The second-order valence-electron chi connectivity index (χ2n) is 8.93. The van der Waals surface area contributed by atoms with Crippen molar-refractivity contribution < 1.29 is 12.8 Å². The summed E-state index contributed by atoms with van der Waals surface area (Å²) in [6.07, 6.45) is 7.68. The minimum absolute atomic E-state index is 0. The van der Waals surface area contributed by atoms with Gasteiger partial charge in [0.15, 0.2) is 5.96 Å². The van der Waals surface area contributed by atoms with Crippen molar-refractivity contribution in [2.45, 2.75) is 57.4 Å². The molecule has 0 atom stereocenters. The third kappa shape index (κ3) is 8.08. The molecule has 0 unspecified atom stereocenters. The molecule has 1 aliphatic rings. The number of primary sulfonamides is 1. The molecule has 0 amide bonds. The van der Waals surface area contributed by atoms with Gasteiger partial charge in [-0.2, -0.15) is 0 Å². The Morgan fingerprint density at radius 3 is 2.44 bits per heavy atom. The van der Waals surface area contributed by atoms with Crippen LogP contribution in [0.5, 0.6) is 0 Å². The molecule has 1 aromatic heterocycles. The minimum Gasteiger partial charge on any atom is -0.469 e. The van der Waals surface area contributed by atoms with E-state index in [-0.39, 0.29) is 34.3 Å². The summed E-state index contributed by atoms with van der Waals surface area (Å²) in [4.78, 5) is 4.82. The first-order valence-electron chi connectivity index (χ1n) is 10.9. The monoisotopic (exact) mass is 574 g/mol. The van der Waals surface area contributed by atoms with E-state index in [0.29, 0.717) is 13.1 Å². The lowest BCUT2D eigenvalue weighted by atomic mass is 9.78. The molecular weight excluding hydrogens is 539 g/mol. The summed E-state index contributed by atoms with van der Waals surface area (Å²) in [7, 11) is -3.69. The van der Waals surface area contributed by atoms with Crippen LogP contribution in [0.4, 0.5) is 0 Å². The Balaban J connectivity index is 0.00000363. The van der Waals surface area contributed by atoms with E-state index in [1.807, 2.05) is 12.1 Å². The highest BCUT2D eigenvalue weighted by atomic mass is 127. The van der Waals surface area contributed by atoms with Crippen LogP contribution in [0.3, 0.4) is 0 Å². The lowest BCUT2D eigenvalue weighted by Gasteiger charge is -2.32. The molecule has 0 bridgehead atoms. The van der Waals surface area contributed by atoms with Crippen LogP contribution in [-0.2, 0) is 23.0 Å². The molecule has 178 valence electrons. The number of aliphatic imine (C=N–C) groups is 1. The van der Waals surface area contributed by atoms with Crippen molar-refractivity contribution in [1.29, 1.82) is 0 Å². The quantitative estimate of drug-likeness (QED) is 0.238. The molecule has 0 radical (unpaired) electrons. The number of guanidine groups is 1. The van der Waals surface area contributed by atoms with Crippen LogP contribution >= 0.6 is 24.0 Å². The highest BCUT2D eigenvalue weighted by Crippen LogP contribution is 2.38. The van der Waals surface area contributed by atoms with Crippen molar-refractivity contribution >= 4 is 40.0 Å². The van der Waals surface area contributed by atoms with Gasteiger partial charge in [0.1, 0.15) is 5.76 Å². The van der Waals surface area contributed by atoms with E-state index in [2.05, 4.69) is 24.5 Å². The molecule has 1 aromatic carbocycles. The fraction of sp³-hybridized carbons (Fsp3) is 0.522. The van der Waals surface area contributed by atoms with Crippen LogP contribution in [0.15, 0.2) is 57.0 Å². The first kappa shape index (κ1) is 26.7. The fourth-order valence-corrected chi connectivity index (χ4v) is 4.57. The summed E-state index contributed by atoms with van der Waals surface area (Å²) in [6, 6.07) is 10.4. The standard InChI is InChI=1S/C23H34N4O3S.HI/c1-23(2,19-6-3-4-7-19)17-27-22(25-14-13-20-8-5-15-30-20)26-16-18-9-11-21(12-10-18)31(24,28)29;/h5,8-12,15,19H,3-4,6-7,13-14,16-17H2,1-2H3,(H2,24,28,29)(H2,25,26,27);1H. The van der Waals surface area contributed by atoms with E-state index < -0.39 is 10.0 Å². The molecule has 2 aromatic rings. The predicted molar refractivity (Wildman–Crippen MR) is 139 cm³/mol. The molecule has 0 aliphatic heterocycles. The van der Waals surface area contributed by atoms with Crippen molar-refractivity contribution in [1.82, 2.24) is 10.6 Å². The number of sulfonamides is 1. The van der Waals surface area contributed by atoms with Crippen molar-refractivity contribution in [2.24, 2.45) is 21.5 Å². The molecule has 9 heteroatoms. The normalized spacial score (nSPS) is 15.4. The number of nitrogens with two attached hydrogens (primary N) is 1. The number of nitrogens with zero attached hydrogens (tertiary/aromatic N) is 1. The molecule has 1 saturated carbocycles. The molecule has 1 heterocycles. The van der Waals surface area contributed by atoms with Gasteiger partial charge in [0.05, 0.1) is 17.7 Å². The number of nitrogens with one attached hydrogen (secondary N) is 2. The zero-order chi connectivity index (χ0) is 22.3. The van der Waals surface area contributed by atoms with E-state index in [4.69, 9.17) is 14.5 Å². The van der Waals surface area contributed by atoms with Gasteiger partial charge in [-0.25, -0.2) is 18.5 Å². The molecule has 3 rings (SSSR count). The maximum absolute atomic E-state index is 11.4. The SMILES string of the molecule is CC(C)(CNC(=NCc1ccc(S(N)(=O)=O)cc1)NCCc1ccco1)C1CCCC1.I. The highest BCUT2D eigenvalue weighted by Gasteiger charge is 2.31. The van der Waals surface area contributed by atoms with E-state index >= 15 is 0 Å². The average molecular weight is 575 g/mol. The van der Waals surface area contributed by atoms with Crippen LogP contribution in [0.25, 0.3) is 0 Å². The number of hydrogen-bond acceptors (Lipinski definition) is 4. The van der Waals surface area contributed by atoms with E-state index in [9.17, 15) is 8.42 Å². The van der Waals surface area contributed by atoms with Crippen molar-refractivity contribution in [3.05, 3.63) is 54.0 Å². The molecule has 4 N–H and O–H groups in total. The summed E-state index contributed by atoms with van der Waals surface area (Å²) in [5.41, 5.74) is 1.10. The van der Waals surface area contributed by atoms with Crippen LogP contribution in [0, 0.1) is 11.3 Å². The predicted octanol–water partition coefficient (Wildman–Crippen LogP) is 4.04. The van der Waals surface area contributed by atoms with Crippen LogP contribution in [0.2, 0.25) is 0 Å². The smallest absolute Gasteiger partial charge is 0.238 e. The van der Waals surface area contributed by atoms with E-state index in [1.54, 1.807) is 18.4 Å². The Hall–Kier alpha value is -1.59. The zero-order valence-corrected chi connectivity index (χ0v) is 22.0. The van der Waals surface area contributed by atoms with Gasteiger partial charge in [-0.05, 0) is 54.0 Å². The summed E-state index contributed by atoms with van der Waals surface area (Å²) in [5.74, 6) is 2.40. The summed E-state index contributed by atoms with van der Waals surface area (Å²) in [5, 5.41) is 12.1. The second-order valence-corrected chi connectivity index (χ2v) is 10.5. The van der Waals surface area contributed by atoms with Crippen LogP contribution in [-0.4, -0.2) is 27.5 Å². The third-order valence-corrected chi connectivity index (χ3v) is 7.02. The minimum atomic E-state index is -3.69. The average Bonchev–Trinajstić information content (AvgIpc) is 3.44. The van der Waals surface area contributed by atoms with E-state index in [1.165, 1.54) is 37.8 Å². The van der Waals surface area contributed by atoms with Gasteiger partial charge in [-0.15, -0.1) is 24.0 Å². The maximum atomic E-state index is 11.4. The first-order chi connectivity index (χ1) is 14.7. The van der Waals surface area contributed by atoms with Gasteiger partial charge >= 0.3 is 0 Å². The number of hydrogen-bond donors (Lipinski definition) is 3. The topological polar surface area (TPSA) is 110 Å². The summed E-state index contributed by atoms with van der Waals surface area (Å²) >= 11 is 0. The molecule has 1 aliphatic carbocycles. The van der Waals surface area contributed by atoms with Gasteiger partial charge in [-0.3, -0.25) is 0 Å². The summed E-state index contributed by atoms with van der Waals surface area (Å²) in [6.45, 7) is 6.62. The Bertz CT molecular complexity index is 952. The highest BCUT2D eigenvalue weighted by molar-refractivity contribution is 14.0. The fourth-order valence-electron chi connectivity index (χ4n) is 4.05. The van der Waals surface area contributed by atoms with Crippen molar-refractivity contribution in [3.63, 3.8) is 0 Å². The molecule has 1 fully saturated rings. The van der Waals surface area contributed by atoms with Gasteiger partial charge < -0.3 is 15.1 Å². The number of rotatable bonds is 9. The molecule has 0 spiro atoms. The second kappa shape index (κ2) is 12.0. The molecular formula is C23H35IN4O3S. The Morgan fingerprint density at radius 2 is 1.84 bits per heavy atom. The van der Waals surface area contributed by atoms with Gasteiger partial charge in [-0.1, -0.05) is 38.8 Å². The van der Waals surface area contributed by atoms with Gasteiger partial charge in [0.2, 0.25) is 10.0 Å². The molecule has 7 nitrogen and oxygen atoms in total. The van der Waals surface area contributed by atoms with Gasteiger partial charge in [0, 0.05) is 19.5 Å². The van der Waals surface area contributed by atoms with Crippen molar-refractivity contribution in [3.8, 4) is 0 Å². The van der Waals surface area contributed by atoms with Crippen LogP contribution < -0.4 is 15.8 Å². The van der Waals surface area contributed by atoms with E-state index in [0.717, 1.165) is 36.2 Å². The van der Waals surface area contributed by atoms with Gasteiger partial charge in [0.25, 0.3) is 0 Å².